The van der Waals surface area contributed by atoms with Crippen molar-refractivity contribution >= 4 is 11.9 Å². The molecule has 2 rings (SSSR count). The zero-order valence-electron chi connectivity index (χ0n) is 12.8. The zero-order chi connectivity index (χ0) is 15.6. The number of hydrogen-bond donors (Lipinski definition) is 1. The SMILES string of the molecule is CC(C)(C)c1ccc(C(=O)N2CCCCC2C(=O)O)nc1. The van der Waals surface area contributed by atoms with Crippen LogP contribution in [0.15, 0.2) is 18.3 Å². The van der Waals surface area contributed by atoms with Crippen molar-refractivity contribution < 1.29 is 14.7 Å². The van der Waals surface area contributed by atoms with E-state index in [2.05, 4.69) is 25.8 Å². The number of hydrogen-bond acceptors (Lipinski definition) is 3. The van der Waals surface area contributed by atoms with E-state index < -0.39 is 12.0 Å². The van der Waals surface area contributed by atoms with Crippen LogP contribution < -0.4 is 0 Å². The molecule has 0 aliphatic carbocycles. The number of carboxylic acids is 1. The van der Waals surface area contributed by atoms with Crippen LogP contribution in [0.2, 0.25) is 0 Å². The molecule has 114 valence electrons. The highest BCUT2D eigenvalue weighted by Gasteiger charge is 2.33. The van der Waals surface area contributed by atoms with Crippen molar-refractivity contribution in [3.63, 3.8) is 0 Å². The van der Waals surface area contributed by atoms with Crippen LogP contribution in [0.1, 0.15) is 56.1 Å². The summed E-state index contributed by atoms with van der Waals surface area (Å²) in [5.41, 5.74) is 1.34. The first-order valence-corrected chi connectivity index (χ1v) is 7.31. The summed E-state index contributed by atoms with van der Waals surface area (Å²) in [5.74, 6) is -1.23. The van der Waals surface area contributed by atoms with Crippen LogP contribution in [-0.4, -0.2) is 39.5 Å². The Hall–Kier alpha value is -1.91. The van der Waals surface area contributed by atoms with Gasteiger partial charge in [0.05, 0.1) is 0 Å². The third kappa shape index (κ3) is 3.40. The monoisotopic (exact) mass is 290 g/mol. The molecule has 1 fully saturated rings. The lowest BCUT2D eigenvalue weighted by Crippen LogP contribution is -2.48. The third-order valence-electron chi connectivity index (χ3n) is 3.90. The number of aromatic nitrogens is 1. The van der Waals surface area contributed by atoms with Gasteiger partial charge in [-0.05, 0) is 36.3 Å². The molecular weight excluding hydrogens is 268 g/mol. The van der Waals surface area contributed by atoms with E-state index in [1.165, 1.54) is 4.90 Å². The minimum Gasteiger partial charge on any atom is -0.480 e. The minimum absolute atomic E-state index is 0.0245. The summed E-state index contributed by atoms with van der Waals surface area (Å²) in [6, 6.07) is 2.85. The summed E-state index contributed by atoms with van der Waals surface area (Å²) in [6.45, 7) is 6.72. The molecule has 5 heteroatoms. The normalized spacial score (nSPS) is 19.4. The lowest BCUT2D eigenvalue weighted by Gasteiger charge is -2.32. The zero-order valence-corrected chi connectivity index (χ0v) is 12.8. The van der Waals surface area contributed by atoms with Crippen LogP contribution in [0.4, 0.5) is 0 Å². The van der Waals surface area contributed by atoms with E-state index in [1.54, 1.807) is 12.3 Å². The second-order valence-electron chi connectivity index (χ2n) is 6.53. The molecule has 1 unspecified atom stereocenters. The summed E-state index contributed by atoms with van der Waals surface area (Å²) in [5, 5.41) is 9.24. The van der Waals surface area contributed by atoms with Gasteiger partial charge in [0.25, 0.3) is 5.91 Å². The number of carboxylic acid groups (broad SMARTS) is 1. The molecule has 1 aliphatic heterocycles. The molecule has 1 aliphatic rings. The number of carbonyl (C=O) groups excluding carboxylic acids is 1. The van der Waals surface area contributed by atoms with Gasteiger partial charge < -0.3 is 10.0 Å². The van der Waals surface area contributed by atoms with Gasteiger partial charge in [-0.1, -0.05) is 26.8 Å². The maximum Gasteiger partial charge on any atom is 0.326 e. The quantitative estimate of drug-likeness (QED) is 0.908. The summed E-state index contributed by atoms with van der Waals surface area (Å²) in [4.78, 5) is 29.4. The lowest BCUT2D eigenvalue weighted by atomic mass is 9.88. The van der Waals surface area contributed by atoms with Gasteiger partial charge >= 0.3 is 5.97 Å². The Morgan fingerprint density at radius 3 is 2.52 bits per heavy atom. The second kappa shape index (κ2) is 5.84. The number of carbonyl (C=O) groups is 2. The topological polar surface area (TPSA) is 70.5 Å². The predicted octanol–water partition coefficient (Wildman–Crippen LogP) is 2.46. The molecule has 2 heterocycles. The van der Waals surface area contributed by atoms with Gasteiger partial charge in [-0.15, -0.1) is 0 Å². The number of nitrogens with zero attached hydrogens (tertiary/aromatic N) is 2. The van der Waals surface area contributed by atoms with Crippen molar-refractivity contribution in [2.24, 2.45) is 0 Å². The fourth-order valence-electron chi connectivity index (χ4n) is 2.54. The van der Waals surface area contributed by atoms with E-state index in [-0.39, 0.29) is 11.3 Å². The third-order valence-corrected chi connectivity index (χ3v) is 3.90. The van der Waals surface area contributed by atoms with Crippen molar-refractivity contribution in [1.82, 2.24) is 9.88 Å². The van der Waals surface area contributed by atoms with Gasteiger partial charge in [0.15, 0.2) is 0 Å². The number of aliphatic carboxylic acids is 1. The van der Waals surface area contributed by atoms with E-state index >= 15 is 0 Å². The van der Waals surface area contributed by atoms with E-state index in [9.17, 15) is 14.7 Å². The molecule has 1 amide bonds. The van der Waals surface area contributed by atoms with Crippen molar-refractivity contribution in [2.75, 3.05) is 6.54 Å². The molecule has 1 aromatic rings. The average Bonchev–Trinajstić information content (AvgIpc) is 2.45. The Morgan fingerprint density at radius 1 is 1.29 bits per heavy atom. The van der Waals surface area contributed by atoms with Crippen molar-refractivity contribution in [2.45, 2.75) is 51.5 Å². The highest BCUT2D eigenvalue weighted by molar-refractivity contribution is 5.95. The molecule has 1 aromatic heterocycles. The summed E-state index contributed by atoms with van der Waals surface area (Å²) >= 11 is 0. The van der Waals surface area contributed by atoms with Crippen LogP contribution in [0.5, 0.6) is 0 Å². The first-order valence-electron chi connectivity index (χ1n) is 7.31. The number of piperidine rings is 1. The molecule has 5 nitrogen and oxygen atoms in total. The van der Waals surface area contributed by atoms with Crippen molar-refractivity contribution in [3.05, 3.63) is 29.6 Å². The molecular formula is C16H22N2O3. The predicted molar refractivity (Wildman–Crippen MR) is 79.2 cm³/mol. The maximum absolute atomic E-state index is 12.5. The van der Waals surface area contributed by atoms with Crippen LogP contribution in [0, 0.1) is 0 Å². The average molecular weight is 290 g/mol. The number of pyridine rings is 1. The summed E-state index contributed by atoms with van der Waals surface area (Å²) in [6.07, 6.45) is 3.90. The maximum atomic E-state index is 12.5. The van der Waals surface area contributed by atoms with Crippen LogP contribution >= 0.6 is 0 Å². The molecule has 1 atom stereocenters. The fraction of sp³-hybridized carbons (Fsp3) is 0.562. The smallest absolute Gasteiger partial charge is 0.326 e. The summed E-state index contributed by atoms with van der Waals surface area (Å²) in [7, 11) is 0. The highest BCUT2D eigenvalue weighted by Crippen LogP contribution is 2.23. The van der Waals surface area contributed by atoms with E-state index in [0.717, 1.165) is 18.4 Å². The molecule has 0 spiro atoms. The van der Waals surface area contributed by atoms with Gasteiger partial charge in [-0.3, -0.25) is 9.78 Å². The number of likely N-dealkylation sites (tertiary alicyclic amines) is 1. The molecule has 0 bridgehead atoms. The molecule has 1 N–H and O–H groups in total. The fourth-order valence-corrected chi connectivity index (χ4v) is 2.54. The Bertz CT molecular complexity index is 531. The van der Waals surface area contributed by atoms with E-state index in [1.807, 2.05) is 6.07 Å². The van der Waals surface area contributed by atoms with E-state index in [0.29, 0.717) is 18.7 Å². The second-order valence-corrected chi connectivity index (χ2v) is 6.53. The lowest BCUT2D eigenvalue weighted by molar-refractivity contribution is -0.143. The van der Waals surface area contributed by atoms with Crippen molar-refractivity contribution in [3.8, 4) is 0 Å². The number of rotatable bonds is 2. The van der Waals surface area contributed by atoms with Gasteiger partial charge in [0, 0.05) is 12.7 Å². The van der Waals surface area contributed by atoms with Gasteiger partial charge in [-0.25, -0.2) is 4.79 Å². The number of amides is 1. The molecule has 1 saturated heterocycles. The standard InChI is InChI=1S/C16H22N2O3/c1-16(2,3)11-7-8-12(17-10-11)14(19)18-9-5-4-6-13(18)15(20)21/h7-8,10,13H,4-6,9H2,1-3H3,(H,20,21). The first kappa shape index (κ1) is 15.5. The van der Waals surface area contributed by atoms with E-state index in [4.69, 9.17) is 0 Å². The Balaban J connectivity index is 2.20. The minimum atomic E-state index is -0.936. The largest absolute Gasteiger partial charge is 0.480 e. The molecule has 0 saturated carbocycles. The Kier molecular flexibility index (Phi) is 4.30. The molecule has 0 radical (unpaired) electrons. The van der Waals surface area contributed by atoms with Crippen LogP contribution in [0.3, 0.4) is 0 Å². The van der Waals surface area contributed by atoms with Gasteiger partial charge in [-0.2, -0.15) is 0 Å². The first-order chi connectivity index (χ1) is 9.80. The van der Waals surface area contributed by atoms with Crippen LogP contribution in [0.25, 0.3) is 0 Å². The highest BCUT2D eigenvalue weighted by atomic mass is 16.4. The van der Waals surface area contributed by atoms with Crippen molar-refractivity contribution in [1.29, 1.82) is 0 Å². The van der Waals surface area contributed by atoms with Gasteiger partial charge in [0.1, 0.15) is 11.7 Å². The Morgan fingerprint density at radius 2 is 2.00 bits per heavy atom. The summed E-state index contributed by atoms with van der Waals surface area (Å²) < 4.78 is 0. The van der Waals surface area contributed by atoms with Gasteiger partial charge in [0.2, 0.25) is 0 Å². The molecule has 0 aromatic carbocycles. The molecule has 21 heavy (non-hydrogen) atoms. The Labute approximate surface area is 125 Å². The van der Waals surface area contributed by atoms with Crippen LogP contribution in [-0.2, 0) is 10.2 Å².